The molecule has 0 aromatic carbocycles. The van der Waals surface area contributed by atoms with Gasteiger partial charge in [-0.15, -0.1) is 11.7 Å². The van der Waals surface area contributed by atoms with E-state index in [-0.39, 0.29) is 0 Å². The molecule has 5 heteroatoms. The van der Waals surface area contributed by atoms with Gasteiger partial charge in [-0.2, -0.15) is 0 Å². The molecule has 20 heavy (non-hydrogen) atoms. The summed E-state index contributed by atoms with van der Waals surface area (Å²) in [6.07, 6.45) is 3.97. The number of aromatic nitrogens is 3. The molecule has 0 saturated carbocycles. The molecule has 0 aliphatic carbocycles. The monoisotopic (exact) mass is 279 g/mol. The predicted octanol–water partition coefficient (Wildman–Crippen LogP) is 1.92. The average Bonchev–Trinajstić information content (AvgIpc) is 2.81. The fourth-order valence-electron chi connectivity index (χ4n) is 1.97. The third-order valence-electron chi connectivity index (χ3n) is 3.16. The van der Waals surface area contributed by atoms with E-state index in [1.54, 1.807) is 0 Å². The Kier molecular flexibility index (Phi) is 7.47. The molecule has 1 rings (SSSR count). The molecule has 0 aliphatic heterocycles. The van der Waals surface area contributed by atoms with E-state index in [1.165, 1.54) is 0 Å². The molecule has 114 valence electrons. The van der Waals surface area contributed by atoms with Crippen molar-refractivity contribution in [3.8, 4) is 0 Å². The highest BCUT2D eigenvalue weighted by molar-refractivity contribution is 4.91. The van der Waals surface area contributed by atoms with Crippen molar-refractivity contribution in [2.45, 2.75) is 46.8 Å². The SMILES string of the molecule is C=CCN(CCn1cc(CNCC(C)C)nn1)C(C)C. The molecule has 0 radical (unpaired) electrons. The van der Waals surface area contributed by atoms with E-state index in [9.17, 15) is 0 Å². The van der Waals surface area contributed by atoms with Crippen LogP contribution >= 0.6 is 0 Å². The van der Waals surface area contributed by atoms with Gasteiger partial charge in [0.1, 0.15) is 0 Å². The Morgan fingerprint density at radius 3 is 2.75 bits per heavy atom. The molecule has 0 bridgehead atoms. The maximum atomic E-state index is 4.19. The molecule has 0 fully saturated rings. The number of hydrogen-bond acceptors (Lipinski definition) is 4. The molecule has 0 atom stereocenters. The van der Waals surface area contributed by atoms with Gasteiger partial charge in [0.25, 0.3) is 0 Å². The van der Waals surface area contributed by atoms with Crippen molar-refractivity contribution in [1.82, 2.24) is 25.2 Å². The highest BCUT2D eigenvalue weighted by atomic mass is 15.4. The fraction of sp³-hybridized carbons (Fsp3) is 0.733. The molecule has 1 N–H and O–H groups in total. The molecule has 1 aromatic heterocycles. The Morgan fingerprint density at radius 2 is 2.15 bits per heavy atom. The van der Waals surface area contributed by atoms with Crippen LogP contribution in [0.5, 0.6) is 0 Å². The Labute approximate surface area is 123 Å². The van der Waals surface area contributed by atoms with Crippen molar-refractivity contribution in [3.05, 3.63) is 24.5 Å². The van der Waals surface area contributed by atoms with Gasteiger partial charge in [-0.05, 0) is 26.3 Å². The van der Waals surface area contributed by atoms with E-state index in [0.29, 0.717) is 12.0 Å². The van der Waals surface area contributed by atoms with E-state index in [1.807, 2.05) is 17.0 Å². The summed E-state index contributed by atoms with van der Waals surface area (Å²) in [6, 6.07) is 0.517. The number of rotatable bonds is 10. The highest BCUT2D eigenvalue weighted by Gasteiger charge is 2.08. The normalized spacial score (nSPS) is 11.8. The van der Waals surface area contributed by atoms with Crippen LogP contribution in [0.2, 0.25) is 0 Å². The lowest BCUT2D eigenvalue weighted by Crippen LogP contribution is -2.34. The summed E-state index contributed by atoms with van der Waals surface area (Å²) in [5.74, 6) is 0.656. The van der Waals surface area contributed by atoms with Gasteiger partial charge >= 0.3 is 0 Å². The summed E-state index contributed by atoms with van der Waals surface area (Å²) in [7, 11) is 0. The zero-order valence-corrected chi connectivity index (χ0v) is 13.3. The van der Waals surface area contributed by atoms with Gasteiger partial charge in [-0.25, -0.2) is 0 Å². The molecule has 0 amide bonds. The molecule has 1 aromatic rings. The minimum Gasteiger partial charge on any atom is -0.311 e. The summed E-state index contributed by atoms with van der Waals surface area (Å²) >= 11 is 0. The molecule has 0 saturated heterocycles. The van der Waals surface area contributed by atoms with E-state index in [4.69, 9.17) is 0 Å². The van der Waals surface area contributed by atoms with Crippen molar-refractivity contribution >= 4 is 0 Å². The lowest BCUT2D eigenvalue weighted by atomic mass is 10.2. The molecule has 0 unspecified atom stereocenters. The summed E-state index contributed by atoms with van der Waals surface area (Å²) in [5.41, 5.74) is 1.01. The molecule has 5 nitrogen and oxygen atoms in total. The van der Waals surface area contributed by atoms with Crippen molar-refractivity contribution < 1.29 is 0 Å². The first kappa shape index (κ1) is 16.9. The molecular weight excluding hydrogens is 250 g/mol. The first-order valence-electron chi connectivity index (χ1n) is 7.47. The predicted molar refractivity (Wildman–Crippen MR) is 83.5 cm³/mol. The lowest BCUT2D eigenvalue weighted by molar-refractivity contribution is 0.232. The Bertz CT molecular complexity index is 383. The fourth-order valence-corrected chi connectivity index (χ4v) is 1.97. The van der Waals surface area contributed by atoms with Crippen LogP contribution in [0.4, 0.5) is 0 Å². The van der Waals surface area contributed by atoms with Crippen LogP contribution in [0.15, 0.2) is 18.9 Å². The van der Waals surface area contributed by atoms with Crippen molar-refractivity contribution in [2.75, 3.05) is 19.6 Å². The molecule has 1 heterocycles. The number of hydrogen-bond donors (Lipinski definition) is 1. The summed E-state index contributed by atoms with van der Waals surface area (Å²) in [5, 5.41) is 11.8. The second-order valence-electron chi connectivity index (χ2n) is 5.88. The Morgan fingerprint density at radius 1 is 1.40 bits per heavy atom. The van der Waals surface area contributed by atoms with E-state index in [2.05, 4.69) is 54.8 Å². The van der Waals surface area contributed by atoms with Gasteiger partial charge < -0.3 is 5.32 Å². The van der Waals surface area contributed by atoms with Gasteiger partial charge in [-0.1, -0.05) is 25.1 Å². The quantitative estimate of drug-likeness (QED) is 0.665. The standard InChI is InChI=1S/C15H29N5/c1-6-7-19(14(4)5)8-9-20-12-15(17-18-20)11-16-10-13(2)3/h6,12-14,16H,1,7-11H2,2-5H3. The van der Waals surface area contributed by atoms with Gasteiger partial charge in [0.15, 0.2) is 0 Å². The lowest BCUT2D eigenvalue weighted by Gasteiger charge is -2.24. The first-order chi connectivity index (χ1) is 9.52. The van der Waals surface area contributed by atoms with Crippen LogP contribution in [-0.4, -0.2) is 45.6 Å². The van der Waals surface area contributed by atoms with Crippen molar-refractivity contribution in [3.63, 3.8) is 0 Å². The molecule has 0 aliphatic rings. The third-order valence-corrected chi connectivity index (χ3v) is 3.16. The van der Waals surface area contributed by atoms with Gasteiger partial charge in [0.2, 0.25) is 0 Å². The van der Waals surface area contributed by atoms with Crippen LogP contribution in [0.1, 0.15) is 33.4 Å². The van der Waals surface area contributed by atoms with Crippen LogP contribution in [0.3, 0.4) is 0 Å². The van der Waals surface area contributed by atoms with E-state index < -0.39 is 0 Å². The minimum absolute atomic E-state index is 0.517. The van der Waals surface area contributed by atoms with Crippen molar-refractivity contribution in [1.29, 1.82) is 0 Å². The summed E-state index contributed by atoms with van der Waals surface area (Å²) < 4.78 is 1.92. The maximum Gasteiger partial charge on any atom is 0.0964 e. The second kappa shape index (κ2) is 8.87. The van der Waals surface area contributed by atoms with Gasteiger partial charge in [0.05, 0.1) is 12.2 Å². The van der Waals surface area contributed by atoms with Crippen molar-refractivity contribution in [2.24, 2.45) is 5.92 Å². The van der Waals surface area contributed by atoms with Gasteiger partial charge in [0, 0.05) is 31.9 Å². The zero-order valence-electron chi connectivity index (χ0n) is 13.3. The maximum absolute atomic E-state index is 4.19. The highest BCUT2D eigenvalue weighted by Crippen LogP contribution is 2.00. The van der Waals surface area contributed by atoms with Crippen LogP contribution < -0.4 is 5.32 Å². The number of nitrogens with one attached hydrogen (secondary N) is 1. The van der Waals surface area contributed by atoms with Crippen LogP contribution in [0.25, 0.3) is 0 Å². The number of nitrogens with zero attached hydrogens (tertiary/aromatic N) is 4. The molecular formula is C15H29N5. The van der Waals surface area contributed by atoms with Gasteiger partial charge in [-0.3, -0.25) is 9.58 Å². The van der Waals surface area contributed by atoms with Crippen LogP contribution in [0, 0.1) is 5.92 Å². The van der Waals surface area contributed by atoms with Crippen LogP contribution in [-0.2, 0) is 13.1 Å². The first-order valence-corrected chi connectivity index (χ1v) is 7.47. The third kappa shape index (κ3) is 6.30. The second-order valence-corrected chi connectivity index (χ2v) is 5.88. The summed E-state index contributed by atoms with van der Waals surface area (Å²) in [6.45, 7) is 17.1. The van der Waals surface area contributed by atoms with E-state index >= 15 is 0 Å². The largest absolute Gasteiger partial charge is 0.311 e. The Hall–Kier alpha value is -1.20. The average molecular weight is 279 g/mol. The summed E-state index contributed by atoms with van der Waals surface area (Å²) in [4.78, 5) is 2.37. The van der Waals surface area contributed by atoms with E-state index in [0.717, 1.165) is 38.4 Å². The minimum atomic E-state index is 0.517. The smallest absolute Gasteiger partial charge is 0.0964 e. The topological polar surface area (TPSA) is 46.0 Å². The zero-order chi connectivity index (χ0) is 15.0. The Balaban J connectivity index is 2.37. The molecule has 0 spiro atoms.